The van der Waals surface area contributed by atoms with E-state index in [9.17, 15) is 0 Å². The fraction of sp³-hybridized carbons (Fsp3) is 0.0769. The van der Waals surface area contributed by atoms with E-state index in [-0.39, 0.29) is 5.41 Å². The molecule has 250 valence electrons. The predicted octanol–water partition coefficient (Wildman–Crippen LogP) is 13.9. The monoisotopic (exact) mass is 675 g/mol. The van der Waals surface area contributed by atoms with Gasteiger partial charge in [0, 0.05) is 34.2 Å². The summed E-state index contributed by atoms with van der Waals surface area (Å²) in [6, 6.07) is 56.8. The number of fused-ring (bicyclic) bond motifs is 12. The van der Waals surface area contributed by atoms with Crippen molar-refractivity contribution in [2.24, 2.45) is 0 Å². The first kappa shape index (κ1) is 30.2. The van der Waals surface area contributed by atoms with Crippen LogP contribution in [0.4, 0.5) is 0 Å². The molecule has 11 rings (SSSR count). The van der Waals surface area contributed by atoms with Crippen molar-refractivity contribution < 1.29 is 0 Å². The van der Waals surface area contributed by atoms with Gasteiger partial charge in [-0.05, 0) is 113 Å². The number of aromatic nitrogens is 1. The van der Waals surface area contributed by atoms with E-state index in [0.717, 1.165) is 6.42 Å². The number of rotatable bonds is 3. The van der Waals surface area contributed by atoms with Gasteiger partial charge in [-0.1, -0.05) is 153 Å². The Hall–Kier alpha value is -6.44. The smallest absolute Gasteiger partial charge is 0.0538 e. The third kappa shape index (κ3) is 4.44. The van der Waals surface area contributed by atoms with Gasteiger partial charge >= 0.3 is 0 Å². The highest BCUT2D eigenvalue weighted by molar-refractivity contribution is 6.25. The predicted molar refractivity (Wildman–Crippen MR) is 226 cm³/mol. The molecule has 2 aliphatic carbocycles. The summed E-state index contributed by atoms with van der Waals surface area (Å²) in [5.74, 6) is 0. The lowest BCUT2D eigenvalue weighted by molar-refractivity contribution is 0.660. The Balaban J connectivity index is 1.05. The fourth-order valence-electron chi connectivity index (χ4n) is 9.45. The molecule has 0 saturated heterocycles. The van der Waals surface area contributed by atoms with Gasteiger partial charge in [0.15, 0.2) is 0 Å². The number of hydrogen-bond acceptors (Lipinski definition) is 0. The summed E-state index contributed by atoms with van der Waals surface area (Å²) >= 11 is 0. The number of hydrogen-bond donors (Lipinski definition) is 0. The van der Waals surface area contributed by atoms with Gasteiger partial charge in [-0.2, -0.15) is 0 Å². The lowest BCUT2D eigenvalue weighted by Gasteiger charge is -2.21. The first-order valence-corrected chi connectivity index (χ1v) is 18.7. The highest BCUT2D eigenvalue weighted by Crippen LogP contribution is 2.49. The largest absolute Gasteiger partial charge is 0.313 e. The quantitative estimate of drug-likeness (QED) is 0.164. The average molecular weight is 676 g/mol. The maximum absolute atomic E-state index is 2.50. The SMILES string of the molecule is CC1(C)c2ccccc2-c2cc(-n3c4c(c5cc(-c6cccc(-c7ccc8c9ccccc9c9ccccc9c8c7)c6)ccc53)C=CC=CC4)ccc21. The standard InChI is InChI=1S/C52H37N/c1-52(2)48-21-11-10-19-43(48)46-32-37(25-27-49(46)52)53-50-22-5-3-4-20-44(50)47-31-36(24-28-51(47)53)34-14-12-13-33(29-34)35-23-26-42-40-17-7-6-15-38(40)39-16-8-9-18-41(39)45(42)30-35/h3-21,23-32H,22H2,1-2H3. The van der Waals surface area contributed by atoms with Crippen LogP contribution in [0.2, 0.25) is 0 Å². The average Bonchev–Trinajstić information content (AvgIpc) is 3.49. The Labute approximate surface area is 309 Å². The summed E-state index contributed by atoms with van der Waals surface area (Å²) in [6.07, 6.45) is 9.83. The van der Waals surface area contributed by atoms with Crippen LogP contribution in [-0.2, 0) is 11.8 Å². The molecule has 0 spiro atoms. The van der Waals surface area contributed by atoms with E-state index in [2.05, 4.69) is 194 Å². The van der Waals surface area contributed by atoms with Crippen LogP contribution in [0.5, 0.6) is 0 Å². The van der Waals surface area contributed by atoms with Crippen LogP contribution < -0.4 is 0 Å². The Kier molecular flexibility index (Phi) is 6.43. The van der Waals surface area contributed by atoms with Crippen LogP contribution in [0.3, 0.4) is 0 Å². The lowest BCUT2D eigenvalue weighted by Crippen LogP contribution is -2.14. The van der Waals surface area contributed by atoms with Gasteiger partial charge < -0.3 is 4.57 Å². The molecule has 1 aromatic heterocycles. The first-order chi connectivity index (χ1) is 26.0. The molecule has 2 aliphatic rings. The van der Waals surface area contributed by atoms with E-state index in [1.54, 1.807) is 0 Å². The van der Waals surface area contributed by atoms with Crippen LogP contribution in [-0.4, -0.2) is 4.57 Å². The number of allylic oxidation sites excluding steroid dienone is 3. The minimum absolute atomic E-state index is 0.00987. The van der Waals surface area contributed by atoms with Crippen LogP contribution in [0.25, 0.3) is 88.4 Å². The molecule has 0 atom stereocenters. The Morgan fingerprint density at radius 2 is 1.06 bits per heavy atom. The fourth-order valence-corrected chi connectivity index (χ4v) is 9.45. The van der Waals surface area contributed by atoms with Crippen molar-refractivity contribution in [1.29, 1.82) is 0 Å². The second-order valence-electron chi connectivity index (χ2n) is 15.3. The van der Waals surface area contributed by atoms with Gasteiger partial charge in [0.1, 0.15) is 0 Å². The van der Waals surface area contributed by atoms with Crippen molar-refractivity contribution in [3.63, 3.8) is 0 Å². The zero-order chi connectivity index (χ0) is 35.3. The molecule has 53 heavy (non-hydrogen) atoms. The minimum atomic E-state index is -0.00987. The van der Waals surface area contributed by atoms with Crippen LogP contribution in [0, 0.1) is 0 Å². The van der Waals surface area contributed by atoms with Gasteiger partial charge in [-0.25, -0.2) is 0 Å². The van der Waals surface area contributed by atoms with Gasteiger partial charge in [0.25, 0.3) is 0 Å². The van der Waals surface area contributed by atoms with E-state index in [4.69, 9.17) is 0 Å². The van der Waals surface area contributed by atoms with Crippen molar-refractivity contribution in [3.8, 4) is 39.1 Å². The van der Waals surface area contributed by atoms with Crippen molar-refractivity contribution in [1.82, 2.24) is 4.57 Å². The molecule has 0 radical (unpaired) electrons. The highest BCUT2D eigenvalue weighted by Gasteiger charge is 2.35. The molecule has 9 aromatic rings. The molecule has 1 nitrogen and oxygen atoms in total. The molecular formula is C52H37N. The van der Waals surface area contributed by atoms with Gasteiger partial charge in [0.2, 0.25) is 0 Å². The van der Waals surface area contributed by atoms with Crippen LogP contribution in [0.1, 0.15) is 36.2 Å². The highest BCUT2D eigenvalue weighted by atomic mass is 15.0. The molecule has 0 amide bonds. The molecular weight excluding hydrogens is 639 g/mol. The van der Waals surface area contributed by atoms with Gasteiger partial charge in [-0.3, -0.25) is 0 Å². The Bertz CT molecular complexity index is 3020. The zero-order valence-corrected chi connectivity index (χ0v) is 29.9. The summed E-state index contributed by atoms with van der Waals surface area (Å²) in [5.41, 5.74) is 15.5. The molecule has 0 unspecified atom stereocenters. The van der Waals surface area contributed by atoms with Crippen molar-refractivity contribution in [2.45, 2.75) is 25.7 Å². The third-order valence-electron chi connectivity index (χ3n) is 12.0. The molecule has 0 aliphatic heterocycles. The summed E-state index contributed by atoms with van der Waals surface area (Å²) in [7, 11) is 0. The second-order valence-corrected chi connectivity index (χ2v) is 15.3. The maximum atomic E-state index is 2.50. The van der Waals surface area contributed by atoms with Gasteiger partial charge in [0.05, 0.1) is 5.52 Å². The number of nitrogens with zero attached hydrogens (tertiary/aromatic N) is 1. The Morgan fingerprint density at radius 3 is 1.81 bits per heavy atom. The maximum Gasteiger partial charge on any atom is 0.0538 e. The zero-order valence-electron chi connectivity index (χ0n) is 29.9. The van der Waals surface area contributed by atoms with E-state index >= 15 is 0 Å². The normalized spacial score (nSPS) is 14.2. The van der Waals surface area contributed by atoms with Gasteiger partial charge in [-0.15, -0.1) is 0 Å². The Morgan fingerprint density at radius 1 is 0.453 bits per heavy atom. The molecule has 8 aromatic carbocycles. The van der Waals surface area contributed by atoms with E-state index in [1.165, 1.54) is 105 Å². The summed E-state index contributed by atoms with van der Waals surface area (Å²) in [5, 5.41) is 9.10. The second kappa shape index (κ2) is 11.3. The summed E-state index contributed by atoms with van der Waals surface area (Å²) in [6.45, 7) is 4.70. The summed E-state index contributed by atoms with van der Waals surface area (Å²) < 4.78 is 2.50. The van der Waals surface area contributed by atoms with E-state index in [1.807, 2.05) is 0 Å². The van der Waals surface area contributed by atoms with E-state index < -0.39 is 0 Å². The topological polar surface area (TPSA) is 4.93 Å². The van der Waals surface area contributed by atoms with Crippen LogP contribution >= 0.6 is 0 Å². The third-order valence-corrected chi connectivity index (χ3v) is 12.0. The van der Waals surface area contributed by atoms with Crippen molar-refractivity contribution >= 4 is 49.3 Å². The summed E-state index contributed by atoms with van der Waals surface area (Å²) in [4.78, 5) is 0. The lowest BCUT2D eigenvalue weighted by atomic mass is 9.82. The molecule has 0 fully saturated rings. The molecule has 0 N–H and O–H groups in total. The molecule has 1 heteroatoms. The minimum Gasteiger partial charge on any atom is -0.313 e. The van der Waals surface area contributed by atoms with Crippen molar-refractivity contribution in [3.05, 3.63) is 192 Å². The van der Waals surface area contributed by atoms with Crippen LogP contribution in [0.15, 0.2) is 170 Å². The molecule has 0 bridgehead atoms. The van der Waals surface area contributed by atoms with E-state index in [0.29, 0.717) is 0 Å². The van der Waals surface area contributed by atoms with Crippen molar-refractivity contribution in [2.75, 3.05) is 0 Å². The molecule has 1 heterocycles. The number of benzene rings is 8. The molecule has 0 saturated carbocycles. The first-order valence-electron chi connectivity index (χ1n) is 18.7.